The van der Waals surface area contributed by atoms with Crippen molar-refractivity contribution in [3.8, 4) is 11.5 Å². The summed E-state index contributed by atoms with van der Waals surface area (Å²) in [5.41, 5.74) is 1.30. The molecule has 1 aromatic rings. The number of benzene rings is 1. The predicted molar refractivity (Wildman–Crippen MR) is 106 cm³/mol. The number of amides is 1. The van der Waals surface area contributed by atoms with E-state index in [9.17, 15) is 13.2 Å². The summed E-state index contributed by atoms with van der Waals surface area (Å²) in [6, 6.07) is 3.48. The van der Waals surface area contributed by atoms with Crippen LogP contribution in [0.4, 0.5) is 0 Å². The minimum atomic E-state index is -3.23. The number of nitrogens with zero attached hydrogens (tertiary/aromatic N) is 1. The van der Waals surface area contributed by atoms with E-state index in [4.69, 9.17) is 9.47 Å². The number of sulfonamides is 1. The molecule has 0 aliphatic carbocycles. The molecule has 1 fully saturated rings. The molecule has 0 aromatic heterocycles. The van der Waals surface area contributed by atoms with Crippen LogP contribution in [-0.2, 0) is 10.0 Å². The lowest BCUT2D eigenvalue weighted by molar-refractivity contribution is 0.0676. The standard InChI is InChI=1S/C19H28N2O5S/c1-5-7-15-10-16(11-17(25-2)18(15)26-3)19(22)21-9-6-8-14(13-21)12-20-27(4,23)24/h5,7,10-11,14,20H,6,8-9,12-13H2,1-4H3/b7-5+. The highest BCUT2D eigenvalue weighted by atomic mass is 32.2. The van der Waals surface area contributed by atoms with Crippen molar-refractivity contribution in [2.75, 3.05) is 40.1 Å². The van der Waals surface area contributed by atoms with Gasteiger partial charge >= 0.3 is 0 Å². The van der Waals surface area contributed by atoms with Crippen molar-refractivity contribution < 1.29 is 22.7 Å². The third-order valence-electron chi connectivity index (χ3n) is 4.54. The summed E-state index contributed by atoms with van der Waals surface area (Å²) >= 11 is 0. The van der Waals surface area contributed by atoms with E-state index in [0.717, 1.165) is 24.7 Å². The minimum absolute atomic E-state index is 0.0919. The average molecular weight is 397 g/mol. The topological polar surface area (TPSA) is 84.9 Å². The Labute approximate surface area is 161 Å². The van der Waals surface area contributed by atoms with E-state index in [1.807, 2.05) is 19.1 Å². The molecular formula is C19H28N2O5S. The van der Waals surface area contributed by atoms with Gasteiger partial charge in [-0.1, -0.05) is 12.2 Å². The maximum Gasteiger partial charge on any atom is 0.254 e. The first-order valence-corrected chi connectivity index (χ1v) is 10.8. The quantitative estimate of drug-likeness (QED) is 0.763. The molecule has 150 valence electrons. The number of carbonyl (C=O) groups excluding carboxylic acids is 1. The molecule has 0 spiro atoms. The Morgan fingerprint density at radius 2 is 2.07 bits per heavy atom. The molecule has 1 aromatic carbocycles. The molecule has 0 bridgehead atoms. The molecule has 8 heteroatoms. The molecule has 1 aliphatic heterocycles. The summed E-state index contributed by atoms with van der Waals surface area (Å²) in [5, 5.41) is 0. The smallest absolute Gasteiger partial charge is 0.254 e. The van der Waals surface area contributed by atoms with Crippen molar-refractivity contribution in [1.82, 2.24) is 9.62 Å². The van der Waals surface area contributed by atoms with E-state index >= 15 is 0 Å². The van der Waals surface area contributed by atoms with Crippen LogP contribution < -0.4 is 14.2 Å². The number of likely N-dealkylation sites (tertiary alicyclic amines) is 1. The molecule has 2 rings (SSSR count). The fourth-order valence-electron chi connectivity index (χ4n) is 3.29. The van der Waals surface area contributed by atoms with Crippen LogP contribution in [0.3, 0.4) is 0 Å². The number of piperidine rings is 1. The Balaban J connectivity index is 2.22. The molecule has 0 saturated carbocycles. The Kier molecular flexibility index (Phi) is 7.26. The van der Waals surface area contributed by atoms with Gasteiger partial charge in [-0.25, -0.2) is 13.1 Å². The number of methoxy groups -OCH3 is 2. The van der Waals surface area contributed by atoms with E-state index in [0.29, 0.717) is 36.7 Å². The summed E-state index contributed by atoms with van der Waals surface area (Å²) in [6.45, 7) is 3.42. The van der Waals surface area contributed by atoms with Crippen molar-refractivity contribution in [2.24, 2.45) is 5.92 Å². The molecule has 1 amide bonds. The highest BCUT2D eigenvalue weighted by Crippen LogP contribution is 2.34. The van der Waals surface area contributed by atoms with Crippen molar-refractivity contribution in [3.63, 3.8) is 0 Å². The van der Waals surface area contributed by atoms with Gasteiger partial charge in [0.1, 0.15) is 0 Å². The molecule has 7 nitrogen and oxygen atoms in total. The minimum Gasteiger partial charge on any atom is -0.493 e. The summed E-state index contributed by atoms with van der Waals surface area (Å²) < 4.78 is 36.0. The first-order valence-electron chi connectivity index (χ1n) is 8.91. The van der Waals surface area contributed by atoms with Gasteiger partial charge in [-0.2, -0.15) is 0 Å². The molecule has 1 unspecified atom stereocenters. The van der Waals surface area contributed by atoms with Gasteiger partial charge in [0.05, 0.1) is 20.5 Å². The molecule has 1 saturated heterocycles. The lowest BCUT2D eigenvalue weighted by Gasteiger charge is -2.33. The van der Waals surface area contributed by atoms with E-state index < -0.39 is 10.0 Å². The second kappa shape index (κ2) is 9.23. The van der Waals surface area contributed by atoms with Gasteiger partial charge in [0.15, 0.2) is 11.5 Å². The molecule has 1 N–H and O–H groups in total. The monoisotopic (exact) mass is 396 g/mol. The lowest BCUT2D eigenvalue weighted by Crippen LogP contribution is -2.43. The lowest BCUT2D eigenvalue weighted by atomic mass is 9.97. The second-order valence-electron chi connectivity index (χ2n) is 6.68. The molecule has 27 heavy (non-hydrogen) atoms. The number of hydrogen-bond donors (Lipinski definition) is 1. The van der Waals surface area contributed by atoms with Crippen LogP contribution in [0.2, 0.25) is 0 Å². The predicted octanol–water partition coefficient (Wildman–Crippen LogP) is 2.14. The van der Waals surface area contributed by atoms with Crippen molar-refractivity contribution in [1.29, 1.82) is 0 Å². The van der Waals surface area contributed by atoms with E-state index in [2.05, 4.69) is 4.72 Å². The van der Waals surface area contributed by atoms with Crippen LogP contribution in [0.1, 0.15) is 35.7 Å². The normalized spacial score (nSPS) is 17.9. The fraction of sp³-hybridized carbons (Fsp3) is 0.526. The fourth-order valence-corrected chi connectivity index (χ4v) is 3.83. The van der Waals surface area contributed by atoms with E-state index in [1.165, 1.54) is 0 Å². The van der Waals surface area contributed by atoms with Gasteiger partial charge in [0, 0.05) is 30.8 Å². The zero-order valence-electron chi connectivity index (χ0n) is 16.3. The third kappa shape index (κ3) is 5.71. The third-order valence-corrected chi connectivity index (χ3v) is 5.23. The summed E-state index contributed by atoms with van der Waals surface area (Å²) in [6.07, 6.45) is 6.62. The number of nitrogens with one attached hydrogen (secondary N) is 1. The number of hydrogen-bond acceptors (Lipinski definition) is 5. The first-order chi connectivity index (χ1) is 12.8. The van der Waals surface area contributed by atoms with E-state index in [1.54, 1.807) is 31.3 Å². The molecule has 1 atom stereocenters. The van der Waals surface area contributed by atoms with Gasteiger partial charge in [-0.3, -0.25) is 4.79 Å². The van der Waals surface area contributed by atoms with Crippen LogP contribution >= 0.6 is 0 Å². The van der Waals surface area contributed by atoms with Crippen LogP contribution in [0.25, 0.3) is 6.08 Å². The van der Waals surface area contributed by atoms with Crippen molar-refractivity contribution in [3.05, 3.63) is 29.3 Å². The van der Waals surface area contributed by atoms with Crippen LogP contribution in [0.5, 0.6) is 11.5 Å². The van der Waals surface area contributed by atoms with E-state index in [-0.39, 0.29) is 11.8 Å². The van der Waals surface area contributed by atoms with Gasteiger partial charge < -0.3 is 14.4 Å². The molecule has 1 heterocycles. The maximum atomic E-state index is 13.0. The Morgan fingerprint density at radius 1 is 1.33 bits per heavy atom. The van der Waals surface area contributed by atoms with Crippen LogP contribution in [-0.4, -0.2) is 59.3 Å². The highest BCUT2D eigenvalue weighted by molar-refractivity contribution is 7.88. The SMILES string of the molecule is C/C=C/c1cc(C(=O)N2CCCC(CNS(C)(=O)=O)C2)cc(OC)c1OC. The zero-order chi connectivity index (χ0) is 20.0. The average Bonchev–Trinajstić information content (AvgIpc) is 2.65. The molecule has 0 radical (unpaired) electrons. The largest absolute Gasteiger partial charge is 0.493 e. The maximum absolute atomic E-state index is 13.0. The highest BCUT2D eigenvalue weighted by Gasteiger charge is 2.26. The van der Waals surface area contributed by atoms with Crippen molar-refractivity contribution in [2.45, 2.75) is 19.8 Å². The van der Waals surface area contributed by atoms with Crippen LogP contribution in [0, 0.1) is 5.92 Å². The molecule has 1 aliphatic rings. The number of ether oxygens (including phenoxy) is 2. The van der Waals surface area contributed by atoms with Crippen molar-refractivity contribution >= 4 is 22.0 Å². The number of carbonyl (C=O) groups is 1. The van der Waals surface area contributed by atoms with Gasteiger partial charge in [0.25, 0.3) is 5.91 Å². The Hall–Kier alpha value is -2.06. The summed E-state index contributed by atoms with van der Waals surface area (Å²) in [5.74, 6) is 1.10. The second-order valence-corrected chi connectivity index (χ2v) is 8.51. The first kappa shape index (κ1) is 21.2. The summed E-state index contributed by atoms with van der Waals surface area (Å²) in [4.78, 5) is 14.8. The van der Waals surface area contributed by atoms with Crippen LogP contribution in [0.15, 0.2) is 18.2 Å². The Morgan fingerprint density at radius 3 is 2.67 bits per heavy atom. The molecular weight excluding hydrogens is 368 g/mol. The van der Waals surface area contributed by atoms with Gasteiger partial charge in [-0.05, 0) is 37.8 Å². The van der Waals surface area contributed by atoms with Gasteiger partial charge in [-0.15, -0.1) is 0 Å². The number of allylic oxidation sites excluding steroid dienone is 1. The number of rotatable bonds is 7. The Bertz CT molecular complexity index is 805. The zero-order valence-corrected chi connectivity index (χ0v) is 17.1. The van der Waals surface area contributed by atoms with Gasteiger partial charge in [0.2, 0.25) is 10.0 Å². The summed E-state index contributed by atoms with van der Waals surface area (Å²) in [7, 11) is -0.127.